The van der Waals surface area contributed by atoms with Gasteiger partial charge in [0.15, 0.2) is 0 Å². The zero-order valence-corrected chi connectivity index (χ0v) is 11.5. The molecule has 1 fully saturated rings. The highest BCUT2D eigenvalue weighted by Gasteiger charge is 2.31. The first kappa shape index (κ1) is 14.4. The van der Waals surface area contributed by atoms with Gasteiger partial charge in [0.2, 0.25) is 0 Å². The first-order chi connectivity index (χ1) is 10.4. The molecule has 4 nitrogen and oxygen atoms in total. The summed E-state index contributed by atoms with van der Waals surface area (Å²) < 4.78 is 42.6. The van der Waals surface area contributed by atoms with Crippen LogP contribution in [0.4, 0.5) is 13.2 Å². The third kappa shape index (κ3) is 3.39. The van der Waals surface area contributed by atoms with Crippen molar-refractivity contribution in [3.8, 4) is 22.9 Å². The lowest BCUT2D eigenvalue weighted by molar-refractivity contribution is -0.274. The van der Waals surface area contributed by atoms with E-state index in [-0.39, 0.29) is 11.3 Å². The van der Waals surface area contributed by atoms with E-state index in [0.29, 0.717) is 17.0 Å². The van der Waals surface area contributed by atoms with Crippen LogP contribution in [-0.4, -0.2) is 16.1 Å². The molecule has 0 saturated heterocycles. The second kappa shape index (κ2) is 5.37. The Bertz CT molecular complexity index is 726. The van der Waals surface area contributed by atoms with Gasteiger partial charge in [0.1, 0.15) is 5.75 Å². The molecule has 0 spiro atoms. The average Bonchev–Trinajstić information content (AvgIpc) is 3.13. The minimum atomic E-state index is -4.76. The Hall–Kier alpha value is -2.49. The van der Waals surface area contributed by atoms with Crippen LogP contribution >= 0.6 is 0 Å². The molecule has 1 aromatic heterocycles. The van der Waals surface area contributed by atoms with Crippen LogP contribution in [-0.2, 0) is 6.54 Å². The van der Waals surface area contributed by atoms with E-state index in [1.165, 1.54) is 25.0 Å². The molecule has 2 aromatic rings. The van der Waals surface area contributed by atoms with Gasteiger partial charge in [0.05, 0.1) is 17.8 Å². The summed E-state index contributed by atoms with van der Waals surface area (Å²) in [6.45, 7) is 0.792. The normalized spacial score (nSPS) is 14.6. The predicted octanol–water partition coefficient (Wildman–Crippen LogP) is 3.73. The van der Waals surface area contributed by atoms with E-state index in [0.717, 1.165) is 12.6 Å². The van der Waals surface area contributed by atoms with Crippen LogP contribution in [0.15, 0.2) is 30.6 Å². The van der Waals surface area contributed by atoms with Crippen LogP contribution in [0.5, 0.6) is 5.75 Å². The Kier molecular flexibility index (Phi) is 3.53. The topological polar surface area (TPSA) is 50.8 Å². The van der Waals surface area contributed by atoms with Crippen molar-refractivity contribution >= 4 is 0 Å². The highest BCUT2D eigenvalue weighted by molar-refractivity contribution is 5.71. The first-order valence-corrected chi connectivity index (χ1v) is 6.77. The molecule has 7 heteroatoms. The van der Waals surface area contributed by atoms with Crippen molar-refractivity contribution < 1.29 is 17.9 Å². The van der Waals surface area contributed by atoms with Crippen LogP contribution < -0.4 is 4.74 Å². The standard InChI is InChI=1S/C15H12F3N3O/c16-15(17,18)22-13-4-3-11(6-19)14(5-13)12-7-20-21(9-12)8-10-1-2-10/h3-5,7,9-10H,1-2,8H2. The zero-order chi connectivity index (χ0) is 15.7. The molecule has 0 atom stereocenters. The third-order valence-corrected chi connectivity index (χ3v) is 3.43. The molecule has 114 valence electrons. The van der Waals surface area contributed by atoms with Crippen molar-refractivity contribution in [3.05, 3.63) is 36.2 Å². The number of halogens is 3. The van der Waals surface area contributed by atoms with Gasteiger partial charge in [0, 0.05) is 23.9 Å². The van der Waals surface area contributed by atoms with E-state index in [4.69, 9.17) is 5.26 Å². The molecule has 1 saturated carbocycles. The summed E-state index contributed by atoms with van der Waals surface area (Å²) in [5, 5.41) is 13.3. The van der Waals surface area contributed by atoms with Gasteiger partial charge in [-0.15, -0.1) is 13.2 Å². The van der Waals surface area contributed by atoms with E-state index in [9.17, 15) is 13.2 Å². The van der Waals surface area contributed by atoms with Gasteiger partial charge in [-0.25, -0.2) is 0 Å². The lowest BCUT2D eigenvalue weighted by Gasteiger charge is -2.10. The second-order valence-electron chi connectivity index (χ2n) is 5.26. The molecule has 0 bridgehead atoms. The van der Waals surface area contributed by atoms with Gasteiger partial charge >= 0.3 is 6.36 Å². The summed E-state index contributed by atoms with van der Waals surface area (Å²) in [4.78, 5) is 0. The number of hydrogen-bond acceptors (Lipinski definition) is 3. The number of nitriles is 1. The number of benzene rings is 1. The van der Waals surface area contributed by atoms with E-state index in [1.54, 1.807) is 17.1 Å². The number of nitrogens with zero attached hydrogens (tertiary/aromatic N) is 3. The molecule has 0 N–H and O–H groups in total. The summed E-state index contributed by atoms with van der Waals surface area (Å²) >= 11 is 0. The van der Waals surface area contributed by atoms with Crippen molar-refractivity contribution in [1.82, 2.24) is 9.78 Å². The molecule has 1 aliphatic rings. The molecule has 1 aromatic carbocycles. The molecule has 0 amide bonds. The molecular formula is C15H12F3N3O. The number of rotatable bonds is 4. The lowest BCUT2D eigenvalue weighted by atomic mass is 10.0. The lowest BCUT2D eigenvalue weighted by Crippen LogP contribution is -2.17. The molecule has 0 aliphatic heterocycles. The summed E-state index contributed by atoms with van der Waals surface area (Å²) in [7, 11) is 0. The Morgan fingerprint density at radius 3 is 2.77 bits per heavy atom. The van der Waals surface area contributed by atoms with Gasteiger partial charge in [-0.2, -0.15) is 10.4 Å². The van der Waals surface area contributed by atoms with Gasteiger partial charge in [-0.1, -0.05) is 0 Å². The zero-order valence-electron chi connectivity index (χ0n) is 11.5. The molecule has 1 heterocycles. The smallest absolute Gasteiger partial charge is 0.406 e. The largest absolute Gasteiger partial charge is 0.573 e. The van der Waals surface area contributed by atoms with Crippen molar-refractivity contribution in [2.24, 2.45) is 5.92 Å². The number of aromatic nitrogens is 2. The Morgan fingerprint density at radius 1 is 1.36 bits per heavy atom. The van der Waals surface area contributed by atoms with Crippen LogP contribution in [0.1, 0.15) is 18.4 Å². The summed E-state index contributed by atoms with van der Waals surface area (Å²) in [6.07, 6.45) is 0.879. The minimum absolute atomic E-state index is 0.278. The van der Waals surface area contributed by atoms with E-state index >= 15 is 0 Å². The molecule has 0 unspecified atom stereocenters. The van der Waals surface area contributed by atoms with Crippen LogP contribution in [0.3, 0.4) is 0 Å². The Labute approximate surface area is 124 Å². The molecule has 3 rings (SSSR count). The first-order valence-electron chi connectivity index (χ1n) is 6.77. The third-order valence-electron chi connectivity index (χ3n) is 3.43. The maximum Gasteiger partial charge on any atom is 0.573 e. The summed E-state index contributed by atoms with van der Waals surface area (Å²) in [5.41, 5.74) is 1.26. The predicted molar refractivity (Wildman–Crippen MR) is 71.8 cm³/mol. The fourth-order valence-electron chi connectivity index (χ4n) is 2.22. The van der Waals surface area contributed by atoms with Crippen molar-refractivity contribution in [2.45, 2.75) is 25.7 Å². The van der Waals surface area contributed by atoms with Gasteiger partial charge in [-0.05, 0) is 37.0 Å². The second-order valence-corrected chi connectivity index (χ2v) is 5.26. The van der Waals surface area contributed by atoms with Crippen LogP contribution in [0.2, 0.25) is 0 Å². The minimum Gasteiger partial charge on any atom is -0.406 e. The van der Waals surface area contributed by atoms with E-state index < -0.39 is 6.36 Å². The highest BCUT2D eigenvalue weighted by atomic mass is 19.4. The quantitative estimate of drug-likeness (QED) is 0.865. The fourth-order valence-corrected chi connectivity index (χ4v) is 2.22. The molecular weight excluding hydrogens is 295 g/mol. The molecule has 1 aliphatic carbocycles. The van der Waals surface area contributed by atoms with E-state index in [1.807, 2.05) is 6.07 Å². The van der Waals surface area contributed by atoms with Crippen LogP contribution in [0, 0.1) is 17.2 Å². The summed E-state index contributed by atoms with van der Waals surface area (Å²) in [5.74, 6) is 0.277. The molecule has 0 radical (unpaired) electrons. The monoisotopic (exact) mass is 307 g/mol. The maximum absolute atomic E-state index is 12.3. The number of alkyl halides is 3. The van der Waals surface area contributed by atoms with Crippen molar-refractivity contribution in [2.75, 3.05) is 0 Å². The highest BCUT2D eigenvalue weighted by Crippen LogP contribution is 2.33. The Balaban J connectivity index is 1.91. The SMILES string of the molecule is N#Cc1ccc(OC(F)(F)F)cc1-c1cnn(CC2CC2)c1. The van der Waals surface area contributed by atoms with Gasteiger partial charge in [0.25, 0.3) is 0 Å². The molecule has 22 heavy (non-hydrogen) atoms. The van der Waals surface area contributed by atoms with Crippen molar-refractivity contribution in [1.29, 1.82) is 5.26 Å². The van der Waals surface area contributed by atoms with Gasteiger partial charge in [-0.3, -0.25) is 4.68 Å². The number of ether oxygens (including phenoxy) is 1. The van der Waals surface area contributed by atoms with E-state index in [2.05, 4.69) is 9.84 Å². The maximum atomic E-state index is 12.3. The van der Waals surface area contributed by atoms with Crippen LogP contribution in [0.25, 0.3) is 11.1 Å². The van der Waals surface area contributed by atoms with Gasteiger partial charge < -0.3 is 4.74 Å². The number of hydrogen-bond donors (Lipinski definition) is 0. The average molecular weight is 307 g/mol. The van der Waals surface area contributed by atoms with Crippen molar-refractivity contribution in [3.63, 3.8) is 0 Å². The Morgan fingerprint density at radius 2 is 2.14 bits per heavy atom. The summed E-state index contributed by atoms with van der Waals surface area (Å²) in [6, 6.07) is 5.63. The fraction of sp³-hybridized carbons (Fsp3) is 0.333.